The molecule has 0 aliphatic rings. The fourth-order valence-electron chi connectivity index (χ4n) is 1.42. The van der Waals surface area contributed by atoms with E-state index in [1.807, 2.05) is 0 Å². The van der Waals surface area contributed by atoms with Crippen molar-refractivity contribution in [2.24, 2.45) is 0 Å². The first kappa shape index (κ1) is 16.7. The summed E-state index contributed by atoms with van der Waals surface area (Å²) in [6.45, 7) is 0.651. The van der Waals surface area contributed by atoms with Gasteiger partial charge in [0.05, 0.1) is 20.1 Å². The first-order valence-electron chi connectivity index (χ1n) is 6.51. The van der Waals surface area contributed by atoms with Gasteiger partial charge in [0.15, 0.2) is 0 Å². The van der Waals surface area contributed by atoms with Crippen molar-refractivity contribution in [2.75, 3.05) is 20.3 Å². The van der Waals surface area contributed by atoms with E-state index in [1.54, 1.807) is 6.08 Å². The molecule has 0 fully saturated rings. The van der Waals surface area contributed by atoms with Crippen LogP contribution in [0.4, 0.5) is 4.39 Å². The average Bonchev–Trinajstić information content (AvgIpc) is 2.48. The molecule has 0 aliphatic carbocycles. The molecule has 0 saturated heterocycles. The Balaban J connectivity index is 2.10. The highest BCUT2D eigenvalue weighted by molar-refractivity contribution is 5.81. The van der Waals surface area contributed by atoms with Crippen molar-refractivity contribution in [3.8, 4) is 5.75 Å². The van der Waals surface area contributed by atoms with Gasteiger partial charge >= 0.3 is 5.97 Å². The minimum absolute atomic E-state index is 0.149. The number of hydrogen-bond donors (Lipinski definition) is 1. The largest absolute Gasteiger partial charge is 0.493 e. The summed E-state index contributed by atoms with van der Waals surface area (Å²) in [6, 6.07) is 5.60. The van der Waals surface area contributed by atoms with Crippen LogP contribution in [0.2, 0.25) is 0 Å². The Labute approximate surface area is 122 Å². The molecular weight excluding hydrogens is 277 g/mol. The molecule has 1 rings (SSSR count). The second kappa shape index (κ2) is 9.52. The van der Waals surface area contributed by atoms with Crippen LogP contribution in [0.3, 0.4) is 0 Å². The van der Waals surface area contributed by atoms with Gasteiger partial charge in [-0.25, -0.2) is 9.18 Å². The standard InChI is InChI=1S/C15H18FNO4/c1-20-15(19)4-2-3-10-17-14(18)9-11-21-13-7-5-12(16)6-8-13/h2,4-8H,3,9-11H2,1H3,(H,17,18)/b4-2+. The van der Waals surface area contributed by atoms with Gasteiger partial charge in [-0.2, -0.15) is 0 Å². The highest BCUT2D eigenvalue weighted by Gasteiger charge is 2.01. The molecular formula is C15H18FNO4. The third kappa shape index (κ3) is 7.71. The number of esters is 1. The van der Waals surface area contributed by atoms with Gasteiger partial charge in [-0.15, -0.1) is 0 Å². The SMILES string of the molecule is COC(=O)/C=C/CCNC(=O)CCOc1ccc(F)cc1. The van der Waals surface area contributed by atoms with Crippen molar-refractivity contribution in [2.45, 2.75) is 12.8 Å². The van der Waals surface area contributed by atoms with E-state index in [0.29, 0.717) is 18.7 Å². The maximum atomic E-state index is 12.7. The number of ether oxygens (including phenoxy) is 2. The Bertz CT molecular complexity index is 485. The number of nitrogens with one attached hydrogen (secondary N) is 1. The Morgan fingerprint density at radius 1 is 1.29 bits per heavy atom. The van der Waals surface area contributed by atoms with Crippen LogP contribution < -0.4 is 10.1 Å². The van der Waals surface area contributed by atoms with Gasteiger partial charge in [-0.3, -0.25) is 4.79 Å². The van der Waals surface area contributed by atoms with E-state index in [1.165, 1.54) is 37.5 Å². The molecule has 1 amide bonds. The van der Waals surface area contributed by atoms with Gasteiger partial charge in [0.1, 0.15) is 11.6 Å². The number of carbonyl (C=O) groups is 2. The number of hydrogen-bond acceptors (Lipinski definition) is 4. The highest BCUT2D eigenvalue weighted by atomic mass is 19.1. The average molecular weight is 295 g/mol. The number of amides is 1. The van der Waals surface area contributed by atoms with Crippen LogP contribution in [-0.4, -0.2) is 32.1 Å². The van der Waals surface area contributed by atoms with E-state index in [2.05, 4.69) is 10.1 Å². The summed E-state index contributed by atoms with van der Waals surface area (Å²) in [6.07, 6.45) is 3.68. The van der Waals surface area contributed by atoms with Crippen molar-refractivity contribution >= 4 is 11.9 Å². The van der Waals surface area contributed by atoms with Gasteiger partial charge in [0.25, 0.3) is 0 Å². The van der Waals surface area contributed by atoms with Crippen LogP contribution in [-0.2, 0) is 14.3 Å². The fourth-order valence-corrected chi connectivity index (χ4v) is 1.42. The van der Waals surface area contributed by atoms with Crippen LogP contribution in [0.5, 0.6) is 5.75 Å². The maximum Gasteiger partial charge on any atom is 0.330 e. The maximum absolute atomic E-state index is 12.7. The monoisotopic (exact) mass is 295 g/mol. The smallest absolute Gasteiger partial charge is 0.330 e. The number of rotatable bonds is 8. The molecule has 0 unspecified atom stereocenters. The molecule has 5 nitrogen and oxygen atoms in total. The van der Waals surface area contributed by atoms with Gasteiger partial charge in [-0.1, -0.05) is 6.08 Å². The summed E-state index contributed by atoms with van der Waals surface area (Å²) in [4.78, 5) is 22.2. The van der Waals surface area contributed by atoms with E-state index in [9.17, 15) is 14.0 Å². The fraction of sp³-hybridized carbons (Fsp3) is 0.333. The summed E-state index contributed by atoms with van der Waals surface area (Å²) in [5, 5.41) is 2.69. The van der Waals surface area contributed by atoms with E-state index in [-0.39, 0.29) is 24.8 Å². The molecule has 0 heterocycles. The lowest BCUT2D eigenvalue weighted by Gasteiger charge is -2.06. The third-order valence-corrected chi connectivity index (χ3v) is 2.50. The minimum Gasteiger partial charge on any atom is -0.493 e. The van der Waals surface area contributed by atoms with Crippen molar-refractivity contribution in [3.05, 3.63) is 42.2 Å². The zero-order valence-corrected chi connectivity index (χ0v) is 11.8. The second-order valence-electron chi connectivity index (χ2n) is 4.12. The van der Waals surface area contributed by atoms with Crippen LogP contribution in [0.15, 0.2) is 36.4 Å². The summed E-state index contributed by atoms with van der Waals surface area (Å²) in [5.41, 5.74) is 0. The Morgan fingerprint density at radius 3 is 2.67 bits per heavy atom. The molecule has 0 radical (unpaired) electrons. The highest BCUT2D eigenvalue weighted by Crippen LogP contribution is 2.10. The quantitative estimate of drug-likeness (QED) is 0.451. The van der Waals surface area contributed by atoms with E-state index < -0.39 is 5.97 Å². The molecule has 6 heteroatoms. The van der Waals surface area contributed by atoms with Crippen LogP contribution in [0.1, 0.15) is 12.8 Å². The van der Waals surface area contributed by atoms with Gasteiger partial charge < -0.3 is 14.8 Å². The molecule has 1 aromatic carbocycles. The van der Waals surface area contributed by atoms with Gasteiger partial charge in [0.2, 0.25) is 5.91 Å². The van der Waals surface area contributed by atoms with Gasteiger partial charge in [-0.05, 0) is 30.7 Å². The molecule has 0 aliphatic heterocycles. The Morgan fingerprint density at radius 2 is 2.00 bits per heavy atom. The van der Waals surface area contributed by atoms with E-state index in [4.69, 9.17) is 4.74 Å². The predicted molar refractivity (Wildman–Crippen MR) is 75.3 cm³/mol. The molecule has 0 bridgehead atoms. The molecule has 0 atom stereocenters. The normalized spacial score (nSPS) is 10.4. The summed E-state index contributed by atoms with van der Waals surface area (Å²) >= 11 is 0. The lowest BCUT2D eigenvalue weighted by Crippen LogP contribution is -2.25. The van der Waals surface area contributed by atoms with E-state index in [0.717, 1.165) is 0 Å². The third-order valence-electron chi connectivity index (χ3n) is 2.50. The van der Waals surface area contributed by atoms with Crippen LogP contribution >= 0.6 is 0 Å². The molecule has 0 aromatic heterocycles. The molecule has 21 heavy (non-hydrogen) atoms. The summed E-state index contributed by atoms with van der Waals surface area (Å²) in [7, 11) is 1.30. The van der Waals surface area contributed by atoms with E-state index >= 15 is 0 Å². The second-order valence-corrected chi connectivity index (χ2v) is 4.12. The van der Waals surface area contributed by atoms with Crippen molar-refractivity contribution in [3.63, 3.8) is 0 Å². The number of carbonyl (C=O) groups excluding carboxylic acids is 2. The summed E-state index contributed by atoms with van der Waals surface area (Å²) < 4.78 is 22.4. The van der Waals surface area contributed by atoms with Crippen molar-refractivity contribution in [1.82, 2.24) is 5.32 Å². The minimum atomic E-state index is -0.422. The molecule has 114 valence electrons. The first-order valence-corrected chi connectivity index (χ1v) is 6.51. The Kier molecular flexibility index (Phi) is 7.56. The molecule has 1 N–H and O–H groups in total. The zero-order chi connectivity index (χ0) is 15.5. The van der Waals surface area contributed by atoms with Crippen LogP contribution in [0, 0.1) is 5.82 Å². The number of benzene rings is 1. The first-order chi connectivity index (χ1) is 10.1. The summed E-state index contributed by atoms with van der Waals surface area (Å²) in [5.74, 6) is -0.386. The lowest BCUT2D eigenvalue weighted by molar-refractivity contribution is -0.134. The number of methoxy groups -OCH3 is 1. The number of halogens is 1. The zero-order valence-electron chi connectivity index (χ0n) is 11.8. The molecule has 1 aromatic rings. The Hall–Kier alpha value is -2.37. The topological polar surface area (TPSA) is 64.6 Å². The predicted octanol–water partition coefficient (Wildman–Crippen LogP) is 1.83. The van der Waals surface area contributed by atoms with Crippen molar-refractivity contribution in [1.29, 1.82) is 0 Å². The van der Waals surface area contributed by atoms with Crippen LogP contribution in [0.25, 0.3) is 0 Å². The molecule has 0 spiro atoms. The van der Waals surface area contributed by atoms with Gasteiger partial charge in [0, 0.05) is 12.6 Å². The van der Waals surface area contributed by atoms with Crippen molar-refractivity contribution < 1.29 is 23.5 Å². The lowest BCUT2D eigenvalue weighted by atomic mass is 10.3. The molecule has 0 saturated carbocycles.